The van der Waals surface area contributed by atoms with Crippen LogP contribution < -0.4 is 0 Å². The predicted octanol–water partition coefficient (Wildman–Crippen LogP) is 3.05. The maximum atomic E-state index is 3.21. The molecule has 0 aliphatic heterocycles. The zero-order chi connectivity index (χ0) is 6.53. The average molecular weight is 184 g/mol. The number of benzene rings is 1. The van der Waals surface area contributed by atoms with Crippen molar-refractivity contribution in [2.24, 2.45) is 0 Å². The van der Waals surface area contributed by atoms with Gasteiger partial charge in [0.2, 0.25) is 0 Å². The first-order valence-corrected chi connectivity index (χ1v) is 3.67. The summed E-state index contributed by atoms with van der Waals surface area (Å²) in [6.45, 7) is 0. The maximum absolute atomic E-state index is 3.21. The Hall–Kier alpha value is -0.560. The zero-order valence-electron chi connectivity index (χ0n) is 4.92. The van der Waals surface area contributed by atoms with E-state index in [0.29, 0.717) is 0 Å². The quantitative estimate of drug-likeness (QED) is 0.588. The summed E-state index contributed by atoms with van der Waals surface area (Å²) in [5, 5.41) is 0. The number of halogens is 1. The van der Waals surface area contributed by atoms with Crippen LogP contribution in [0.3, 0.4) is 0 Å². The van der Waals surface area contributed by atoms with Crippen LogP contribution in [0.25, 0.3) is 6.08 Å². The van der Waals surface area contributed by atoms with E-state index in [1.807, 2.05) is 29.3 Å². The molecule has 0 amide bonds. The molecule has 0 atom stereocenters. The molecule has 0 radical (unpaired) electrons. The van der Waals surface area contributed by atoms with Crippen LogP contribution >= 0.6 is 15.9 Å². The van der Waals surface area contributed by atoms with Gasteiger partial charge in [0.05, 0.1) is 0 Å². The van der Waals surface area contributed by atoms with Crippen LogP contribution in [0.1, 0.15) is 5.56 Å². The van der Waals surface area contributed by atoms with Crippen LogP contribution in [0.4, 0.5) is 0 Å². The van der Waals surface area contributed by atoms with Crippen molar-refractivity contribution in [2.45, 2.75) is 0 Å². The fourth-order valence-electron chi connectivity index (χ4n) is 0.637. The normalized spacial score (nSPS) is 10.3. The first kappa shape index (κ1) is 6.56. The largest absolute Gasteiger partial charge is 0.0622 e. The van der Waals surface area contributed by atoms with E-state index in [-0.39, 0.29) is 0 Å². The van der Waals surface area contributed by atoms with E-state index >= 15 is 0 Å². The van der Waals surface area contributed by atoms with Crippen LogP contribution in [-0.4, -0.2) is 0 Å². The topological polar surface area (TPSA) is 0 Å². The molecule has 1 aromatic rings. The minimum absolute atomic E-state index is 1.22. The van der Waals surface area contributed by atoms with E-state index in [4.69, 9.17) is 0 Å². The molecule has 0 nitrogen and oxygen atoms in total. The Kier molecular flexibility index (Phi) is 2.52. The van der Waals surface area contributed by atoms with Gasteiger partial charge in [-0.2, -0.15) is 0 Å². The lowest BCUT2D eigenvalue weighted by Crippen LogP contribution is -1.64. The van der Waals surface area contributed by atoms with E-state index in [1.165, 1.54) is 5.56 Å². The lowest BCUT2D eigenvalue weighted by atomic mass is 10.2. The molecule has 0 saturated heterocycles. The van der Waals surface area contributed by atoms with Gasteiger partial charge in [-0.25, -0.2) is 0 Å². The molecule has 0 saturated carbocycles. The molecule has 0 spiro atoms. The standard InChI is InChI=1S/C8H7Br/c9-7-6-8-4-2-1-3-5-8/h1-7H/b7-6+/i7+1. The Morgan fingerprint density at radius 1 is 1.11 bits per heavy atom. The number of rotatable bonds is 1. The van der Waals surface area contributed by atoms with Crippen molar-refractivity contribution in [2.75, 3.05) is 0 Å². The first-order chi connectivity index (χ1) is 4.43. The summed E-state index contributed by atoms with van der Waals surface area (Å²) in [5.74, 6) is 0. The van der Waals surface area contributed by atoms with E-state index in [1.54, 1.807) is 0 Å². The van der Waals surface area contributed by atoms with Crippen molar-refractivity contribution < 1.29 is 0 Å². The molecule has 0 heterocycles. The minimum atomic E-state index is 1.22. The Balaban J connectivity index is 2.85. The van der Waals surface area contributed by atoms with Gasteiger partial charge in [-0.1, -0.05) is 46.3 Å². The highest BCUT2D eigenvalue weighted by molar-refractivity contribution is 9.11. The molecule has 1 heteroatoms. The Bertz CT molecular complexity index is 189. The van der Waals surface area contributed by atoms with Crippen LogP contribution in [0, 0.1) is 0 Å². The van der Waals surface area contributed by atoms with Crippen molar-refractivity contribution in [3.05, 3.63) is 40.9 Å². The summed E-state index contributed by atoms with van der Waals surface area (Å²) < 4.78 is 0. The molecule has 0 aliphatic rings. The van der Waals surface area contributed by atoms with Crippen molar-refractivity contribution >= 4 is 22.0 Å². The van der Waals surface area contributed by atoms with E-state index < -0.39 is 0 Å². The molecular formula is C8H7Br. The molecular weight excluding hydrogens is 177 g/mol. The molecule has 0 unspecified atom stereocenters. The summed E-state index contributed by atoms with van der Waals surface area (Å²) in [5.41, 5.74) is 1.22. The first-order valence-electron chi connectivity index (χ1n) is 2.75. The van der Waals surface area contributed by atoms with Crippen LogP contribution in [0.15, 0.2) is 35.3 Å². The molecule has 0 N–H and O–H groups in total. The van der Waals surface area contributed by atoms with Gasteiger partial charge in [0.1, 0.15) is 0 Å². The fourth-order valence-corrected chi connectivity index (χ4v) is 0.942. The molecule has 0 aromatic heterocycles. The van der Waals surface area contributed by atoms with Gasteiger partial charge < -0.3 is 0 Å². The van der Waals surface area contributed by atoms with Crippen molar-refractivity contribution in [1.29, 1.82) is 0 Å². The number of hydrogen-bond donors (Lipinski definition) is 0. The molecule has 1 aromatic carbocycles. The highest BCUT2D eigenvalue weighted by Gasteiger charge is 1.78. The summed E-state index contributed by atoms with van der Waals surface area (Å²) in [7, 11) is 0. The SMILES string of the molecule is Br/[13CH]=C/c1ccccc1. The third kappa shape index (κ3) is 2.02. The Labute approximate surface area is 63.3 Å². The molecule has 0 bridgehead atoms. The Morgan fingerprint density at radius 3 is 2.33 bits per heavy atom. The summed E-state index contributed by atoms with van der Waals surface area (Å²) in [6, 6.07) is 10.1. The van der Waals surface area contributed by atoms with Crippen molar-refractivity contribution in [1.82, 2.24) is 0 Å². The van der Waals surface area contributed by atoms with Gasteiger partial charge in [-0.15, -0.1) is 0 Å². The fraction of sp³-hybridized carbons (Fsp3) is 0. The lowest BCUT2D eigenvalue weighted by Gasteiger charge is -1.86. The summed E-state index contributed by atoms with van der Waals surface area (Å²) in [4.78, 5) is 1.85. The van der Waals surface area contributed by atoms with Gasteiger partial charge in [-0.3, -0.25) is 0 Å². The lowest BCUT2D eigenvalue weighted by molar-refractivity contribution is 1.67. The zero-order valence-corrected chi connectivity index (χ0v) is 6.51. The van der Waals surface area contributed by atoms with Gasteiger partial charge in [0, 0.05) is 0 Å². The molecule has 1 rings (SSSR count). The van der Waals surface area contributed by atoms with Gasteiger partial charge in [0.25, 0.3) is 0 Å². The second-order valence-electron chi connectivity index (χ2n) is 1.70. The third-order valence-electron chi connectivity index (χ3n) is 1.06. The molecule has 0 aliphatic carbocycles. The van der Waals surface area contributed by atoms with Crippen molar-refractivity contribution in [3.63, 3.8) is 0 Å². The average Bonchev–Trinajstić information content (AvgIpc) is 1.91. The summed E-state index contributed by atoms with van der Waals surface area (Å²) in [6.07, 6.45) is 2.00. The van der Waals surface area contributed by atoms with E-state index in [0.717, 1.165) is 0 Å². The highest BCUT2D eigenvalue weighted by atomic mass is 79.9. The highest BCUT2D eigenvalue weighted by Crippen LogP contribution is 2.01. The smallest absolute Gasteiger partial charge is 0.0183 e. The third-order valence-corrected chi connectivity index (χ3v) is 1.32. The van der Waals surface area contributed by atoms with E-state index in [2.05, 4.69) is 28.1 Å². The maximum Gasteiger partial charge on any atom is -0.0183 e. The van der Waals surface area contributed by atoms with Crippen molar-refractivity contribution in [3.8, 4) is 0 Å². The summed E-state index contributed by atoms with van der Waals surface area (Å²) >= 11 is 3.21. The van der Waals surface area contributed by atoms with Gasteiger partial charge >= 0.3 is 0 Å². The second-order valence-corrected chi connectivity index (χ2v) is 2.23. The predicted molar refractivity (Wildman–Crippen MR) is 44.4 cm³/mol. The van der Waals surface area contributed by atoms with E-state index in [9.17, 15) is 0 Å². The minimum Gasteiger partial charge on any atom is -0.0622 e. The van der Waals surface area contributed by atoms with Crippen LogP contribution in [-0.2, 0) is 0 Å². The molecule has 46 valence electrons. The Morgan fingerprint density at radius 2 is 1.78 bits per heavy atom. The van der Waals surface area contributed by atoms with Crippen LogP contribution in [0.2, 0.25) is 0 Å². The molecule has 9 heavy (non-hydrogen) atoms. The van der Waals surface area contributed by atoms with Gasteiger partial charge in [-0.05, 0) is 16.6 Å². The molecule has 0 fully saturated rings. The number of hydrogen-bond acceptors (Lipinski definition) is 0. The second kappa shape index (κ2) is 3.46. The monoisotopic (exact) mass is 183 g/mol. The van der Waals surface area contributed by atoms with Crippen LogP contribution in [0.5, 0.6) is 0 Å². The van der Waals surface area contributed by atoms with Gasteiger partial charge in [0.15, 0.2) is 0 Å².